The number of carboxylic acids is 1. The molecule has 0 aromatic rings. The Morgan fingerprint density at radius 2 is 1.88 bits per heavy atom. The molecule has 1 atom stereocenters. The van der Waals surface area contributed by atoms with Gasteiger partial charge in [-0.15, -0.1) is 0 Å². The largest absolute Gasteiger partial charge is 0.477 e. The van der Waals surface area contributed by atoms with Crippen molar-refractivity contribution in [2.24, 2.45) is 0 Å². The monoisotopic (exact) mass is 230 g/mol. The first-order valence-corrected chi connectivity index (χ1v) is 5.02. The Morgan fingerprint density at radius 1 is 1.38 bits per heavy atom. The molecule has 16 heavy (non-hydrogen) atoms. The van der Waals surface area contributed by atoms with Crippen LogP contribution < -0.4 is 0 Å². The molecule has 0 bridgehead atoms. The minimum Gasteiger partial charge on any atom is -0.477 e. The van der Waals surface area contributed by atoms with E-state index in [4.69, 9.17) is 9.84 Å². The maximum Gasteiger partial charge on any atom is 0.362 e. The normalized spacial score (nSPS) is 13.0. The Bertz CT molecular complexity index is 291. The second-order valence-electron chi connectivity index (χ2n) is 4.68. The predicted octanol–water partition coefficient (Wildman–Crippen LogP) is 0.655. The van der Waals surface area contributed by atoms with Crippen LogP contribution in [0.3, 0.4) is 0 Å². The molecule has 1 N–H and O–H groups in total. The molecular formula is C11H20NO4+. The van der Waals surface area contributed by atoms with Crippen molar-refractivity contribution in [1.29, 1.82) is 0 Å². The van der Waals surface area contributed by atoms with E-state index in [-0.39, 0.29) is 13.0 Å². The van der Waals surface area contributed by atoms with Crippen LogP contribution in [-0.2, 0) is 14.3 Å². The Hall–Kier alpha value is -1.36. The lowest BCUT2D eigenvalue weighted by Crippen LogP contribution is -2.50. The molecule has 1 unspecified atom stereocenters. The first-order valence-electron chi connectivity index (χ1n) is 5.02. The summed E-state index contributed by atoms with van der Waals surface area (Å²) in [7, 11) is 5.37. The molecule has 0 fully saturated rings. The third-order valence-electron chi connectivity index (χ3n) is 2.19. The highest BCUT2D eigenvalue weighted by molar-refractivity contribution is 5.86. The lowest BCUT2D eigenvalue weighted by molar-refractivity contribution is -0.887. The van der Waals surface area contributed by atoms with E-state index in [9.17, 15) is 9.59 Å². The van der Waals surface area contributed by atoms with Gasteiger partial charge >= 0.3 is 11.9 Å². The molecule has 0 saturated carbocycles. The molecule has 0 aliphatic carbocycles. The van der Waals surface area contributed by atoms with E-state index in [1.165, 1.54) is 0 Å². The van der Waals surface area contributed by atoms with Crippen LogP contribution in [-0.4, -0.2) is 55.3 Å². The van der Waals surface area contributed by atoms with Gasteiger partial charge in [0.05, 0.1) is 27.7 Å². The van der Waals surface area contributed by atoms with E-state index in [0.717, 1.165) is 0 Å². The molecule has 0 aromatic carbocycles. The van der Waals surface area contributed by atoms with Gasteiger partial charge in [-0.2, -0.15) is 0 Å². The molecule has 0 heterocycles. The summed E-state index contributed by atoms with van der Waals surface area (Å²) in [6.45, 7) is 5.09. The first kappa shape index (κ1) is 14.6. The number of carboxylic acid groups (broad SMARTS) is 1. The van der Waals surface area contributed by atoms with Crippen molar-refractivity contribution < 1.29 is 23.9 Å². The lowest BCUT2D eigenvalue weighted by atomic mass is 10.1. The Kier molecular flexibility index (Phi) is 5.17. The van der Waals surface area contributed by atoms with Gasteiger partial charge in [-0.25, -0.2) is 9.59 Å². The number of carbonyl (C=O) groups excluding carboxylic acids is 1. The van der Waals surface area contributed by atoms with E-state index >= 15 is 0 Å². The van der Waals surface area contributed by atoms with Crippen molar-refractivity contribution >= 4 is 11.9 Å². The van der Waals surface area contributed by atoms with Crippen LogP contribution in [0, 0.1) is 0 Å². The molecule has 92 valence electrons. The number of likely N-dealkylation sites (N-methyl/N-ethyl adjacent to an activating group) is 1. The zero-order valence-electron chi connectivity index (χ0n) is 10.3. The number of aliphatic carboxylic acids is 1. The van der Waals surface area contributed by atoms with Gasteiger partial charge in [0, 0.05) is 12.0 Å². The van der Waals surface area contributed by atoms with Crippen molar-refractivity contribution in [3.8, 4) is 0 Å². The van der Waals surface area contributed by atoms with Crippen LogP contribution in [0.5, 0.6) is 0 Å². The van der Waals surface area contributed by atoms with Crippen molar-refractivity contribution in [3.63, 3.8) is 0 Å². The van der Waals surface area contributed by atoms with Gasteiger partial charge in [-0.1, -0.05) is 6.58 Å². The fourth-order valence-corrected chi connectivity index (χ4v) is 1.23. The van der Waals surface area contributed by atoms with Crippen molar-refractivity contribution in [3.05, 3.63) is 12.2 Å². The van der Waals surface area contributed by atoms with Crippen molar-refractivity contribution in [2.75, 3.05) is 27.7 Å². The number of carbonyl (C=O) groups is 2. The van der Waals surface area contributed by atoms with Gasteiger partial charge in [0.25, 0.3) is 0 Å². The van der Waals surface area contributed by atoms with E-state index < -0.39 is 18.0 Å². The van der Waals surface area contributed by atoms with Crippen LogP contribution in [0.2, 0.25) is 0 Å². The van der Waals surface area contributed by atoms with Gasteiger partial charge in [-0.05, 0) is 6.92 Å². The number of quaternary nitrogens is 1. The summed E-state index contributed by atoms with van der Waals surface area (Å²) in [6.07, 6.45) is 0.290. The van der Waals surface area contributed by atoms with Gasteiger partial charge in [0.1, 0.15) is 0 Å². The van der Waals surface area contributed by atoms with Gasteiger partial charge in [0.15, 0.2) is 6.04 Å². The Balaban J connectivity index is 4.21. The van der Waals surface area contributed by atoms with Crippen LogP contribution in [0.15, 0.2) is 12.2 Å². The third kappa shape index (κ3) is 4.93. The predicted molar refractivity (Wildman–Crippen MR) is 59.8 cm³/mol. The molecule has 5 heteroatoms. The third-order valence-corrected chi connectivity index (χ3v) is 2.19. The number of nitrogens with zero attached hydrogens (tertiary/aromatic N) is 1. The van der Waals surface area contributed by atoms with Gasteiger partial charge in [-0.3, -0.25) is 0 Å². The summed E-state index contributed by atoms with van der Waals surface area (Å²) in [5.41, 5.74) is 0.317. The number of ether oxygens (including phenoxy) is 1. The summed E-state index contributed by atoms with van der Waals surface area (Å²) in [5, 5.41) is 9.01. The molecule has 0 aliphatic heterocycles. The maximum absolute atomic E-state index is 11.1. The number of hydrogen-bond donors (Lipinski definition) is 1. The molecule has 5 nitrogen and oxygen atoms in total. The smallest absolute Gasteiger partial charge is 0.362 e. The summed E-state index contributed by atoms with van der Waals surface area (Å²) < 4.78 is 5.16. The second-order valence-corrected chi connectivity index (χ2v) is 4.68. The van der Waals surface area contributed by atoms with E-state index in [1.54, 1.807) is 28.1 Å². The number of rotatable bonds is 6. The molecule has 0 saturated heterocycles. The highest BCUT2D eigenvalue weighted by Gasteiger charge is 2.31. The Labute approximate surface area is 95.9 Å². The zero-order valence-corrected chi connectivity index (χ0v) is 10.3. The number of esters is 1. The second kappa shape index (κ2) is 5.65. The average molecular weight is 230 g/mol. The topological polar surface area (TPSA) is 63.6 Å². The summed E-state index contributed by atoms with van der Waals surface area (Å²) >= 11 is 0. The zero-order chi connectivity index (χ0) is 12.9. The minimum absolute atomic E-state index is 0.0954. The summed E-state index contributed by atoms with van der Waals surface area (Å²) in [4.78, 5) is 22.1. The standard InChI is InChI=1S/C11H19NO4/c1-8(2)11(15)16-7-6-9(10(13)14)12(3,4)5/h9H,1,6-7H2,2-5H3/p+1. The molecular weight excluding hydrogens is 210 g/mol. The Morgan fingerprint density at radius 3 is 2.19 bits per heavy atom. The van der Waals surface area contributed by atoms with Crippen LogP contribution >= 0.6 is 0 Å². The highest BCUT2D eigenvalue weighted by atomic mass is 16.5. The summed E-state index contributed by atoms with van der Waals surface area (Å²) in [5.74, 6) is -1.37. The average Bonchev–Trinajstić information content (AvgIpc) is 2.08. The number of hydrogen-bond acceptors (Lipinski definition) is 3. The fraction of sp³-hybridized carbons (Fsp3) is 0.636. The van der Waals surface area contributed by atoms with E-state index in [1.807, 2.05) is 0 Å². The van der Waals surface area contributed by atoms with Gasteiger partial charge < -0.3 is 14.3 Å². The lowest BCUT2D eigenvalue weighted by Gasteiger charge is -2.30. The quantitative estimate of drug-likeness (QED) is 0.413. The molecule has 0 spiro atoms. The first-order chi connectivity index (χ1) is 7.16. The molecule has 0 amide bonds. The van der Waals surface area contributed by atoms with Crippen LogP contribution in [0.4, 0.5) is 0 Å². The van der Waals surface area contributed by atoms with Crippen molar-refractivity contribution in [1.82, 2.24) is 0 Å². The molecule has 0 radical (unpaired) electrons. The van der Waals surface area contributed by atoms with E-state index in [2.05, 4.69) is 6.58 Å². The fourth-order valence-electron chi connectivity index (χ4n) is 1.23. The molecule has 0 aliphatic rings. The van der Waals surface area contributed by atoms with Crippen LogP contribution in [0.1, 0.15) is 13.3 Å². The van der Waals surface area contributed by atoms with E-state index in [0.29, 0.717) is 10.1 Å². The highest BCUT2D eigenvalue weighted by Crippen LogP contribution is 2.08. The maximum atomic E-state index is 11.1. The van der Waals surface area contributed by atoms with Crippen LogP contribution in [0.25, 0.3) is 0 Å². The van der Waals surface area contributed by atoms with Gasteiger partial charge in [0.2, 0.25) is 0 Å². The minimum atomic E-state index is -0.890. The summed E-state index contributed by atoms with van der Waals surface area (Å²) in [6, 6.07) is -0.585. The molecule has 0 rings (SSSR count). The molecule has 0 aromatic heterocycles. The van der Waals surface area contributed by atoms with Crippen molar-refractivity contribution in [2.45, 2.75) is 19.4 Å². The SMILES string of the molecule is C=C(C)C(=O)OCCC(C(=O)O)[N+](C)(C)C.